The number of morpholine rings is 1. The van der Waals surface area contributed by atoms with E-state index in [-0.39, 0.29) is 0 Å². The number of nitrogens with zero attached hydrogens (tertiary/aromatic N) is 1. The van der Waals surface area contributed by atoms with Crippen molar-refractivity contribution in [2.24, 2.45) is 0 Å². The molecule has 0 amide bonds. The highest BCUT2D eigenvalue weighted by Gasteiger charge is 2.37. The number of ether oxygens (including phenoxy) is 1. The third-order valence-electron chi connectivity index (χ3n) is 4.47. The first-order valence-electron chi connectivity index (χ1n) is 8.28. The Balaban J connectivity index is 1.68. The number of rotatable bonds is 8. The van der Waals surface area contributed by atoms with Crippen molar-refractivity contribution in [1.29, 1.82) is 0 Å². The molecule has 2 rings (SSSR count). The van der Waals surface area contributed by atoms with Crippen molar-refractivity contribution in [3.05, 3.63) is 0 Å². The Hall–Kier alpha value is -0.650. The summed E-state index contributed by atoms with van der Waals surface area (Å²) >= 11 is 0. The minimum absolute atomic E-state index is 0.301. The van der Waals surface area contributed by atoms with Crippen LogP contribution in [0, 0.1) is 0 Å². The topological polar surface area (TPSA) is 61.8 Å². The molecule has 2 fully saturated rings. The summed E-state index contributed by atoms with van der Waals surface area (Å²) < 4.78 is 5.73. The van der Waals surface area contributed by atoms with Gasteiger partial charge in [-0.2, -0.15) is 0 Å². The number of nitrogens with one attached hydrogen (secondary N) is 1. The molecular weight excluding hydrogens is 268 g/mol. The minimum atomic E-state index is -0.757. The zero-order chi connectivity index (χ0) is 15.5. The van der Waals surface area contributed by atoms with Crippen LogP contribution in [0.25, 0.3) is 0 Å². The molecule has 0 aromatic heterocycles. The molecule has 1 saturated heterocycles. The van der Waals surface area contributed by atoms with Gasteiger partial charge in [-0.3, -0.25) is 15.0 Å². The quantitative estimate of drug-likeness (QED) is 0.670. The van der Waals surface area contributed by atoms with Crippen LogP contribution in [-0.2, 0) is 9.53 Å². The van der Waals surface area contributed by atoms with E-state index in [1.807, 2.05) is 6.92 Å². The molecule has 5 heteroatoms. The van der Waals surface area contributed by atoms with Crippen LogP contribution in [0.4, 0.5) is 0 Å². The summed E-state index contributed by atoms with van der Waals surface area (Å²) in [4.78, 5) is 13.9. The molecule has 0 aromatic carbocycles. The summed E-state index contributed by atoms with van der Waals surface area (Å²) in [6, 6.07) is 0.423. The molecule has 0 spiro atoms. The molecule has 2 N–H and O–H groups in total. The van der Waals surface area contributed by atoms with Crippen molar-refractivity contribution in [3.63, 3.8) is 0 Å². The van der Waals surface area contributed by atoms with Crippen molar-refractivity contribution >= 4 is 5.97 Å². The molecule has 5 nitrogen and oxygen atoms in total. The third kappa shape index (κ3) is 5.24. The Morgan fingerprint density at radius 2 is 1.90 bits per heavy atom. The smallest absolute Gasteiger partial charge is 0.323 e. The van der Waals surface area contributed by atoms with Crippen LogP contribution in [0.2, 0.25) is 0 Å². The Kier molecular flexibility index (Phi) is 5.63. The van der Waals surface area contributed by atoms with Gasteiger partial charge in [-0.25, -0.2) is 0 Å². The number of aliphatic carboxylic acids is 1. The molecular formula is C16H30N2O3. The first-order valence-corrected chi connectivity index (χ1v) is 8.28. The van der Waals surface area contributed by atoms with E-state index in [1.54, 1.807) is 0 Å². The van der Waals surface area contributed by atoms with E-state index in [9.17, 15) is 9.90 Å². The maximum absolute atomic E-state index is 11.5. The van der Waals surface area contributed by atoms with Crippen molar-refractivity contribution in [1.82, 2.24) is 10.2 Å². The summed E-state index contributed by atoms with van der Waals surface area (Å²) in [6.07, 6.45) is 5.54. The van der Waals surface area contributed by atoms with E-state index in [2.05, 4.69) is 24.1 Å². The van der Waals surface area contributed by atoms with Crippen molar-refractivity contribution in [2.75, 3.05) is 19.6 Å². The van der Waals surface area contributed by atoms with Crippen LogP contribution >= 0.6 is 0 Å². The van der Waals surface area contributed by atoms with Gasteiger partial charge in [0.25, 0.3) is 0 Å². The van der Waals surface area contributed by atoms with Crippen LogP contribution in [0.5, 0.6) is 0 Å². The molecule has 3 atom stereocenters. The van der Waals surface area contributed by atoms with E-state index in [1.165, 1.54) is 0 Å². The van der Waals surface area contributed by atoms with E-state index < -0.39 is 11.5 Å². The number of hydrogen-bond acceptors (Lipinski definition) is 4. The number of unbranched alkanes of at least 4 members (excludes halogenated alkanes) is 1. The van der Waals surface area contributed by atoms with Crippen LogP contribution in [0.15, 0.2) is 0 Å². The first kappa shape index (κ1) is 16.7. The Morgan fingerprint density at radius 3 is 2.43 bits per heavy atom. The Morgan fingerprint density at radius 1 is 1.29 bits per heavy atom. The highest BCUT2D eigenvalue weighted by Crippen LogP contribution is 2.25. The fraction of sp³-hybridized carbons (Fsp3) is 0.938. The third-order valence-corrected chi connectivity index (χ3v) is 4.47. The second kappa shape index (κ2) is 7.07. The van der Waals surface area contributed by atoms with Crippen LogP contribution in [0.3, 0.4) is 0 Å². The van der Waals surface area contributed by atoms with Gasteiger partial charge in [0.2, 0.25) is 0 Å². The monoisotopic (exact) mass is 298 g/mol. The van der Waals surface area contributed by atoms with Gasteiger partial charge in [-0.05, 0) is 59.4 Å². The maximum atomic E-state index is 11.5. The molecule has 21 heavy (non-hydrogen) atoms. The predicted octanol–water partition coefficient (Wildman–Crippen LogP) is 1.86. The number of carboxylic acid groups (broad SMARTS) is 1. The number of carboxylic acids is 1. The fourth-order valence-electron chi connectivity index (χ4n) is 3.20. The average molecular weight is 298 g/mol. The number of carbonyl (C=O) groups is 1. The van der Waals surface area contributed by atoms with Gasteiger partial charge >= 0.3 is 5.97 Å². The van der Waals surface area contributed by atoms with Crippen LogP contribution < -0.4 is 5.32 Å². The highest BCUT2D eigenvalue weighted by molar-refractivity contribution is 5.78. The van der Waals surface area contributed by atoms with Gasteiger partial charge in [0, 0.05) is 19.1 Å². The summed E-state index contributed by atoms with van der Waals surface area (Å²) in [6.45, 7) is 9.07. The molecule has 0 bridgehead atoms. The van der Waals surface area contributed by atoms with E-state index in [0.717, 1.165) is 45.3 Å². The lowest BCUT2D eigenvalue weighted by molar-refractivity contribution is -0.144. The van der Waals surface area contributed by atoms with Gasteiger partial charge in [-0.1, -0.05) is 0 Å². The summed E-state index contributed by atoms with van der Waals surface area (Å²) in [5, 5.41) is 12.7. The molecule has 1 aliphatic heterocycles. The van der Waals surface area contributed by atoms with Crippen LogP contribution in [0.1, 0.15) is 52.9 Å². The maximum Gasteiger partial charge on any atom is 0.323 e. The van der Waals surface area contributed by atoms with Gasteiger partial charge in [0.1, 0.15) is 5.54 Å². The van der Waals surface area contributed by atoms with Crippen molar-refractivity contribution in [3.8, 4) is 0 Å². The molecule has 2 aliphatic rings. The highest BCUT2D eigenvalue weighted by atomic mass is 16.5. The molecule has 1 heterocycles. The predicted molar refractivity (Wildman–Crippen MR) is 82.5 cm³/mol. The summed E-state index contributed by atoms with van der Waals surface area (Å²) in [5.74, 6) is -0.719. The lowest BCUT2D eigenvalue weighted by atomic mass is 9.94. The lowest BCUT2D eigenvalue weighted by Crippen LogP contribution is -2.50. The lowest BCUT2D eigenvalue weighted by Gasteiger charge is -2.35. The van der Waals surface area contributed by atoms with Gasteiger partial charge in [-0.15, -0.1) is 0 Å². The second-order valence-electron chi connectivity index (χ2n) is 7.03. The summed E-state index contributed by atoms with van der Waals surface area (Å²) in [7, 11) is 0. The van der Waals surface area contributed by atoms with Gasteiger partial charge in [0.05, 0.1) is 12.2 Å². The second-order valence-corrected chi connectivity index (χ2v) is 7.03. The van der Waals surface area contributed by atoms with Gasteiger partial charge in [0.15, 0.2) is 0 Å². The van der Waals surface area contributed by atoms with E-state index >= 15 is 0 Å². The van der Waals surface area contributed by atoms with Gasteiger partial charge < -0.3 is 9.84 Å². The molecule has 0 radical (unpaired) electrons. The standard InChI is InChI=1S/C16H30N2O3/c1-12-10-18(11-13(2)21-12)9-5-4-8-16(3,15(19)20)17-14-6-7-14/h12-14,17H,4-11H2,1-3H3,(H,19,20). The minimum Gasteiger partial charge on any atom is -0.480 e. The summed E-state index contributed by atoms with van der Waals surface area (Å²) in [5.41, 5.74) is -0.757. The van der Waals surface area contributed by atoms with E-state index in [4.69, 9.17) is 4.74 Å². The number of hydrogen-bond donors (Lipinski definition) is 2. The zero-order valence-electron chi connectivity index (χ0n) is 13.6. The first-order chi connectivity index (χ1) is 9.89. The normalized spacial score (nSPS) is 30.0. The molecule has 122 valence electrons. The molecule has 1 aliphatic carbocycles. The van der Waals surface area contributed by atoms with Crippen molar-refractivity contribution < 1.29 is 14.6 Å². The fourth-order valence-corrected chi connectivity index (χ4v) is 3.20. The molecule has 1 saturated carbocycles. The average Bonchev–Trinajstić information content (AvgIpc) is 3.17. The SMILES string of the molecule is CC1CN(CCCCC(C)(NC2CC2)C(=O)O)CC(C)O1. The van der Waals surface area contributed by atoms with E-state index in [0.29, 0.717) is 24.7 Å². The zero-order valence-corrected chi connectivity index (χ0v) is 13.6. The molecule has 3 unspecified atom stereocenters. The van der Waals surface area contributed by atoms with Crippen molar-refractivity contribution in [2.45, 2.75) is 76.7 Å². The Bertz CT molecular complexity index is 349. The Labute approximate surface area is 128 Å². The largest absolute Gasteiger partial charge is 0.480 e. The van der Waals surface area contributed by atoms with Crippen LogP contribution in [-0.4, -0.2) is 59.4 Å². The molecule has 0 aromatic rings.